The third kappa shape index (κ3) is 2.53. The molecule has 1 atom stereocenters. The summed E-state index contributed by atoms with van der Waals surface area (Å²) in [6.45, 7) is 0.837. The molecule has 1 nitrogen and oxygen atoms in total. The predicted molar refractivity (Wildman–Crippen MR) is 61.0 cm³/mol. The highest BCUT2D eigenvalue weighted by molar-refractivity contribution is 6.31. The molecule has 0 amide bonds. The first-order valence-corrected chi connectivity index (χ1v) is 5.83. The SMILES string of the molecule is FC(F)(CC1CCCN1)c1ccccc1Cl. The summed E-state index contributed by atoms with van der Waals surface area (Å²) < 4.78 is 27.9. The Hall–Kier alpha value is -0.670. The van der Waals surface area contributed by atoms with E-state index in [4.69, 9.17) is 11.6 Å². The number of halogens is 3. The Morgan fingerprint density at radius 1 is 1.38 bits per heavy atom. The van der Waals surface area contributed by atoms with E-state index in [9.17, 15) is 8.78 Å². The summed E-state index contributed by atoms with van der Waals surface area (Å²) in [7, 11) is 0. The van der Waals surface area contributed by atoms with Crippen LogP contribution in [-0.4, -0.2) is 12.6 Å². The van der Waals surface area contributed by atoms with Gasteiger partial charge in [0.25, 0.3) is 5.92 Å². The highest BCUT2D eigenvalue weighted by atomic mass is 35.5. The van der Waals surface area contributed by atoms with Crippen LogP contribution in [0.3, 0.4) is 0 Å². The standard InChI is InChI=1S/C12H14ClF2N/c13-11-6-2-1-5-10(11)12(14,15)8-9-4-3-7-16-9/h1-2,5-6,9,16H,3-4,7-8H2. The maximum absolute atomic E-state index is 13.9. The number of nitrogens with one attached hydrogen (secondary N) is 1. The van der Waals surface area contributed by atoms with Crippen molar-refractivity contribution in [2.75, 3.05) is 6.54 Å². The molecule has 2 rings (SSSR count). The van der Waals surface area contributed by atoms with Gasteiger partial charge in [-0.1, -0.05) is 29.8 Å². The summed E-state index contributed by atoms with van der Waals surface area (Å²) in [6.07, 6.45) is 1.63. The van der Waals surface area contributed by atoms with Gasteiger partial charge in [-0.25, -0.2) is 8.78 Å². The molecular weight excluding hydrogens is 232 g/mol. The van der Waals surface area contributed by atoms with Gasteiger partial charge < -0.3 is 5.32 Å². The van der Waals surface area contributed by atoms with Crippen molar-refractivity contribution in [3.8, 4) is 0 Å². The van der Waals surface area contributed by atoms with Crippen LogP contribution in [0.4, 0.5) is 8.78 Å². The van der Waals surface area contributed by atoms with Crippen LogP contribution in [0.5, 0.6) is 0 Å². The van der Waals surface area contributed by atoms with Gasteiger partial charge in [0, 0.05) is 23.0 Å². The minimum absolute atomic E-state index is 0.0645. The van der Waals surface area contributed by atoms with E-state index in [1.807, 2.05) is 0 Å². The lowest BCUT2D eigenvalue weighted by Gasteiger charge is -2.21. The molecule has 0 saturated carbocycles. The second-order valence-corrected chi connectivity index (χ2v) is 4.59. The second-order valence-electron chi connectivity index (χ2n) is 4.18. The average Bonchev–Trinajstić information content (AvgIpc) is 2.70. The van der Waals surface area contributed by atoms with Crippen LogP contribution in [-0.2, 0) is 5.92 Å². The van der Waals surface area contributed by atoms with Crippen molar-refractivity contribution in [3.63, 3.8) is 0 Å². The highest BCUT2D eigenvalue weighted by Crippen LogP contribution is 2.38. The van der Waals surface area contributed by atoms with Crippen LogP contribution in [0.15, 0.2) is 24.3 Å². The van der Waals surface area contributed by atoms with Crippen LogP contribution in [0.25, 0.3) is 0 Å². The Morgan fingerprint density at radius 3 is 2.75 bits per heavy atom. The molecule has 1 heterocycles. The van der Waals surface area contributed by atoms with Crippen molar-refractivity contribution in [3.05, 3.63) is 34.9 Å². The summed E-state index contributed by atoms with van der Waals surface area (Å²) in [6, 6.07) is 6.07. The Labute approximate surface area is 98.8 Å². The molecule has 0 radical (unpaired) electrons. The van der Waals surface area contributed by atoms with E-state index in [1.54, 1.807) is 12.1 Å². The number of benzene rings is 1. The summed E-state index contributed by atoms with van der Waals surface area (Å²) in [5.74, 6) is -2.85. The average molecular weight is 246 g/mol. The van der Waals surface area contributed by atoms with Gasteiger partial charge in [0.2, 0.25) is 0 Å². The van der Waals surface area contributed by atoms with Crippen LogP contribution in [0.2, 0.25) is 5.02 Å². The first-order valence-electron chi connectivity index (χ1n) is 5.46. The first kappa shape index (κ1) is 11.8. The summed E-state index contributed by atoms with van der Waals surface area (Å²) in [4.78, 5) is 0. The fourth-order valence-electron chi connectivity index (χ4n) is 2.11. The topological polar surface area (TPSA) is 12.0 Å². The first-order chi connectivity index (χ1) is 7.59. The van der Waals surface area contributed by atoms with Crippen molar-refractivity contribution >= 4 is 11.6 Å². The molecule has 0 bridgehead atoms. The summed E-state index contributed by atoms with van der Waals surface area (Å²) in [5, 5.41) is 3.22. The summed E-state index contributed by atoms with van der Waals surface area (Å²) in [5.41, 5.74) is -0.0645. The van der Waals surface area contributed by atoms with Crippen molar-refractivity contribution in [1.29, 1.82) is 0 Å². The van der Waals surface area contributed by atoms with E-state index < -0.39 is 5.92 Å². The predicted octanol–water partition coefficient (Wildman–Crippen LogP) is 3.57. The monoisotopic (exact) mass is 245 g/mol. The molecule has 0 aliphatic carbocycles. The highest BCUT2D eigenvalue weighted by Gasteiger charge is 2.37. The maximum atomic E-state index is 13.9. The molecular formula is C12H14ClF2N. The Kier molecular flexibility index (Phi) is 3.45. The van der Waals surface area contributed by atoms with Crippen molar-refractivity contribution < 1.29 is 8.78 Å². The molecule has 4 heteroatoms. The molecule has 16 heavy (non-hydrogen) atoms. The van der Waals surface area contributed by atoms with Gasteiger partial charge in [0.05, 0.1) is 0 Å². The van der Waals surface area contributed by atoms with E-state index in [0.717, 1.165) is 19.4 Å². The molecule has 0 spiro atoms. The normalized spacial score (nSPS) is 21.3. The third-order valence-corrected chi connectivity index (χ3v) is 3.26. The minimum atomic E-state index is -2.85. The lowest BCUT2D eigenvalue weighted by atomic mass is 10.00. The van der Waals surface area contributed by atoms with Gasteiger partial charge in [-0.15, -0.1) is 0 Å². The van der Waals surface area contributed by atoms with Crippen molar-refractivity contribution in [2.45, 2.75) is 31.2 Å². The largest absolute Gasteiger partial charge is 0.314 e. The molecule has 1 unspecified atom stereocenters. The van der Waals surface area contributed by atoms with Crippen LogP contribution in [0, 0.1) is 0 Å². The van der Waals surface area contributed by atoms with Gasteiger partial charge in [0.1, 0.15) is 0 Å². The number of rotatable bonds is 3. The van der Waals surface area contributed by atoms with Gasteiger partial charge in [-0.3, -0.25) is 0 Å². The zero-order chi connectivity index (χ0) is 11.6. The van der Waals surface area contributed by atoms with Crippen molar-refractivity contribution in [1.82, 2.24) is 5.32 Å². The molecule has 0 aromatic heterocycles. The molecule has 1 N–H and O–H groups in total. The lowest BCUT2D eigenvalue weighted by molar-refractivity contribution is -0.0212. The summed E-state index contributed by atoms with van der Waals surface area (Å²) >= 11 is 5.79. The number of hydrogen-bond acceptors (Lipinski definition) is 1. The molecule has 1 aromatic rings. The van der Waals surface area contributed by atoms with Gasteiger partial charge >= 0.3 is 0 Å². The van der Waals surface area contributed by atoms with E-state index in [1.165, 1.54) is 12.1 Å². The van der Waals surface area contributed by atoms with E-state index >= 15 is 0 Å². The third-order valence-electron chi connectivity index (χ3n) is 2.93. The van der Waals surface area contributed by atoms with Gasteiger partial charge in [-0.2, -0.15) is 0 Å². The zero-order valence-electron chi connectivity index (χ0n) is 8.85. The smallest absolute Gasteiger partial charge is 0.276 e. The maximum Gasteiger partial charge on any atom is 0.276 e. The zero-order valence-corrected chi connectivity index (χ0v) is 9.61. The van der Waals surface area contributed by atoms with Crippen LogP contribution >= 0.6 is 11.6 Å². The second kappa shape index (κ2) is 4.68. The Morgan fingerprint density at radius 2 is 2.12 bits per heavy atom. The van der Waals surface area contributed by atoms with E-state index in [-0.39, 0.29) is 23.0 Å². The Bertz CT molecular complexity index is 362. The van der Waals surface area contributed by atoms with Gasteiger partial charge in [0.15, 0.2) is 0 Å². The van der Waals surface area contributed by atoms with Crippen molar-refractivity contribution in [2.24, 2.45) is 0 Å². The lowest BCUT2D eigenvalue weighted by Crippen LogP contribution is -2.29. The Balaban J connectivity index is 2.14. The molecule has 88 valence electrons. The molecule has 1 fully saturated rings. The molecule has 1 aromatic carbocycles. The molecule has 1 saturated heterocycles. The van der Waals surface area contributed by atoms with Crippen LogP contribution < -0.4 is 5.32 Å². The minimum Gasteiger partial charge on any atom is -0.314 e. The molecule has 1 aliphatic heterocycles. The van der Waals surface area contributed by atoms with Crippen LogP contribution in [0.1, 0.15) is 24.8 Å². The van der Waals surface area contributed by atoms with E-state index in [2.05, 4.69) is 5.32 Å². The fourth-order valence-corrected chi connectivity index (χ4v) is 2.38. The number of hydrogen-bond donors (Lipinski definition) is 1. The molecule has 1 aliphatic rings. The fraction of sp³-hybridized carbons (Fsp3) is 0.500. The van der Waals surface area contributed by atoms with Gasteiger partial charge in [-0.05, 0) is 25.5 Å². The van der Waals surface area contributed by atoms with E-state index in [0.29, 0.717) is 0 Å². The number of alkyl halides is 2. The quantitative estimate of drug-likeness (QED) is 0.859.